The highest BCUT2D eigenvalue weighted by atomic mass is 15.4. The number of hydrogen-bond donors (Lipinski definition) is 0. The van der Waals surface area contributed by atoms with Gasteiger partial charge in [-0.05, 0) is 32.0 Å². The summed E-state index contributed by atoms with van der Waals surface area (Å²) in [7, 11) is 0. The van der Waals surface area contributed by atoms with Crippen LogP contribution < -0.4 is 9.80 Å². The molecule has 0 radical (unpaired) electrons. The molecule has 0 bridgehead atoms. The molecule has 0 aliphatic carbocycles. The first kappa shape index (κ1) is 15.5. The first-order chi connectivity index (χ1) is 12.2. The van der Waals surface area contributed by atoms with Crippen molar-refractivity contribution in [1.29, 1.82) is 0 Å². The Morgan fingerprint density at radius 3 is 2.28 bits per heavy atom. The summed E-state index contributed by atoms with van der Waals surface area (Å²) in [6.07, 6.45) is 5.26. The highest BCUT2D eigenvalue weighted by Crippen LogP contribution is 2.18. The lowest BCUT2D eigenvalue weighted by Gasteiger charge is -2.35. The van der Waals surface area contributed by atoms with Gasteiger partial charge in [-0.2, -0.15) is 10.2 Å². The molecule has 0 aromatic carbocycles. The van der Waals surface area contributed by atoms with Crippen molar-refractivity contribution in [2.24, 2.45) is 0 Å². The van der Waals surface area contributed by atoms with Crippen LogP contribution >= 0.6 is 0 Å². The van der Waals surface area contributed by atoms with Gasteiger partial charge in [0.25, 0.3) is 0 Å². The molecule has 3 aromatic heterocycles. The number of nitrogens with zero attached hydrogens (tertiary/aromatic N) is 8. The van der Waals surface area contributed by atoms with E-state index in [0.717, 1.165) is 55.0 Å². The van der Waals surface area contributed by atoms with E-state index in [9.17, 15) is 0 Å². The van der Waals surface area contributed by atoms with Crippen molar-refractivity contribution in [3.8, 4) is 5.82 Å². The Morgan fingerprint density at radius 2 is 1.64 bits per heavy atom. The van der Waals surface area contributed by atoms with Crippen molar-refractivity contribution in [2.75, 3.05) is 36.0 Å². The van der Waals surface area contributed by atoms with Crippen LogP contribution in [0.5, 0.6) is 0 Å². The second kappa shape index (κ2) is 6.46. The number of anilines is 2. The van der Waals surface area contributed by atoms with Crippen molar-refractivity contribution in [3.63, 3.8) is 0 Å². The number of hydrogen-bond acceptors (Lipinski definition) is 7. The van der Waals surface area contributed by atoms with Crippen molar-refractivity contribution in [3.05, 3.63) is 48.2 Å². The van der Waals surface area contributed by atoms with E-state index in [1.54, 1.807) is 12.4 Å². The molecule has 4 rings (SSSR count). The molecule has 1 aliphatic rings. The Labute approximate surface area is 146 Å². The van der Waals surface area contributed by atoms with Crippen molar-refractivity contribution in [1.82, 2.24) is 29.9 Å². The molecule has 1 fully saturated rings. The van der Waals surface area contributed by atoms with Crippen LogP contribution in [0.25, 0.3) is 5.82 Å². The maximum Gasteiger partial charge on any atom is 0.174 e. The van der Waals surface area contributed by atoms with Crippen molar-refractivity contribution in [2.45, 2.75) is 13.8 Å². The normalized spacial score (nSPS) is 14.8. The van der Waals surface area contributed by atoms with E-state index in [2.05, 4.69) is 30.1 Å². The third-order valence-corrected chi connectivity index (χ3v) is 4.32. The summed E-state index contributed by atoms with van der Waals surface area (Å²) >= 11 is 0. The van der Waals surface area contributed by atoms with Crippen LogP contribution in [0, 0.1) is 13.8 Å². The van der Waals surface area contributed by atoms with Crippen LogP contribution in [0.3, 0.4) is 0 Å². The van der Waals surface area contributed by atoms with Gasteiger partial charge < -0.3 is 9.80 Å². The number of piperazine rings is 1. The molecule has 8 nitrogen and oxygen atoms in total. The fourth-order valence-electron chi connectivity index (χ4n) is 3.09. The van der Waals surface area contributed by atoms with Crippen molar-refractivity contribution < 1.29 is 0 Å². The topological polar surface area (TPSA) is 75.9 Å². The molecule has 0 unspecified atom stereocenters. The zero-order chi connectivity index (χ0) is 17.2. The van der Waals surface area contributed by atoms with Crippen molar-refractivity contribution >= 4 is 11.6 Å². The van der Waals surface area contributed by atoms with Gasteiger partial charge in [0.15, 0.2) is 11.6 Å². The van der Waals surface area contributed by atoms with E-state index >= 15 is 0 Å². The summed E-state index contributed by atoms with van der Waals surface area (Å²) < 4.78 is 1.83. The Bertz CT molecular complexity index is 852. The summed E-state index contributed by atoms with van der Waals surface area (Å²) in [5.74, 6) is 2.55. The number of aromatic nitrogens is 6. The fourth-order valence-corrected chi connectivity index (χ4v) is 3.09. The molecule has 0 saturated carbocycles. The van der Waals surface area contributed by atoms with E-state index in [-0.39, 0.29) is 0 Å². The molecule has 128 valence electrons. The third kappa shape index (κ3) is 3.15. The van der Waals surface area contributed by atoms with Crippen LogP contribution in [0.1, 0.15) is 11.4 Å². The molecule has 0 atom stereocenters. The maximum absolute atomic E-state index is 4.76. The highest BCUT2D eigenvalue weighted by Gasteiger charge is 2.20. The SMILES string of the molecule is Cc1cc(C)n(-c2cncc(N3CCN(c4cccnn4)CC3)n2)n1. The third-order valence-electron chi connectivity index (χ3n) is 4.32. The second-order valence-electron chi connectivity index (χ2n) is 6.13. The average molecular weight is 336 g/mol. The summed E-state index contributed by atoms with van der Waals surface area (Å²) in [6.45, 7) is 7.49. The predicted molar refractivity (Wildman–Crippen MR) is 95.1 cm³/mol. The van der Waals surface area contributed by atoms with Crippen LogP contribution in [-0.4, -0.2) is 56.1 Å². The largest absolute Gasteiger partial charge is 0.352 e. The van der Waals surface area contributed by atoms with Gasteiger partial charge in [0.1, 0.15) is 5.82 Å². The molecule has 3 aromatic rings. The first-order valence-corrected chi connectivity index (χ1v) is 8.34. The van der Waals surface area contributed by atoms with Gasteiger partial charge >= 0.3 is 0 Å². The van der Waals surface area contributed by atoms with E-state index < -0.39 is 0 Å². The number of aryl methyl sites for hydroxylation is 2. The molecule has 4 heterocycles. The first-order valence-electron chi connectivity index (χ1n) is 8.34. The highest BCUT2D eigenvalue weighted by molar-refractivity contribution is 5.44. The molecular weight excluding hydrogens is 316 g/mol. The summed E-state index contributed by atoms with van der Waals surface area (Å²) in [6, 6.07) is 5.94. The Hall–Kier alpha value is -3.03. The van der Waals surface area contributed by atoms with E-state index in [4.69, 9.17) is 4.98 Å². The molecule has 0 amide bonds. The zero-order valence-corrected chi connectivity index (χ0v) is 14.4. The molecule has 1 aliphatic heterocycles. The summed E-state index contributed by atoms with van der Waals surface area (Å²) in [5.41, 5.74) is 2.03. The smallest absolute Gasteiger partial charge is 0.174 e. The Balaban J connectivity index is 1.50. The second-order valence-corrected chi connectivity index (χ2v) is 6.13. The fraction of sp³-hybridized carbons (Fsp3) is 0.353. The van der Waals surface area contributed by atoms with Gasteiger partial charge in [0.2, 0.25) is 0 Å². The molecule has 1 saturated heterocycles. The summed E-state index contributed by atoms with van der Waals surface area (Å²) in [4.78, 5) is 13.6. The minimum absolute atomic E-state index is 0.749. The molecule has 8 heteroatoms. The lowest BCUT2D eigenvalue weighted by atomic mass is 10.3. The average Bonchev–Trinajstić information content (AvgIpc) is 3.01. The predicted octanol–water partition coefficient (Wildman–Crippen LogP) is 1.40. The van der Waals surface area contributed by atoms with Crippen LogP contribution in [0.15, 0.2) is 36.8 Å². The zero-order valence-electron chi connectivity index (χ0n) is 14.4. The van der Waals surface area contributed by atoms with Crippen LogP contribution in [0.4, 0.5) is 11.6 Å². The number of rotatable bonds is 3. The lowest BCUT2D eigenvalue weighted by Crippen LogP contribution is -2.47. The monoisotopic (exact) mass is 336 g/mol. The van der Waals surface area contributed by atoms with Gasteiger partial charge in [-0.25, -0.2) is 9.67 Å². The van der Waals surface area contributed by atoms with Crippen LogP contribution in [0.2, 0.25) is 0 Å². The summed E-state index contributed by atoms with van der Waals surface area (Å²) in [5, 5.41) is 12.6. The Morgan fingerprint density at radius 1 is 0.920 bits per heavy atom. The van der Waals surface area contributed by atoms with Gasteiger partial charge in [0, 0.05) is 38.1 Å². The van der Waals surface area contributed by atoms with E-state index in [1.165, 1.54) is 0 Å². The molecular formula is C17H20N8. The maximum atomic E-state index is 4.76. The Kier molecular flexibility index (Phi) is 4.01. The lowest BCUT2D eigenvalue weighted by molar-refractivity contribution is 0.635. The molecule has 25 heavy (non-hydrogen) atoms. The van der Waals surface area contributed by atoms with Crippen LogP contribution in [-0.2, 0) is 0 Å². The standard InChI is InChI=1S/C17H20N8/c1-13-10-14(2)25(22-13)17-12-18-11-16(20-17)24-8-6-23(7-9-24)15-4-3-5-19-21-15/h3-5,10-12H,6-9H2,1-2H3. The van der Waals surface area contributed by atoms with Gasteiger partial charge in [-0.1, -0.05) is 0 Å². The van der Waals surface area contributed by atoms with E-state index in [0.29, 0.717) is 0 Å². The minimum atomic E-state index is 0.749. The quantitative estimate of drug-likeness (QED) is 0.715. The van der Waals surface area contributed by atoms with Gasteiger partial charge in [-0.15, -0.1) is 5.10 Å². The molecule has 0 N–H and O–H groups in total. The van der Waals surface area contributed by atoms with Gasteiger partial charge in [-0.3, -0.25) is 4.98 Å². The van der Waals surface area contributed by atoms with E-state index in [1.807, 2.05) is 42.9 Å². The van der Waals surface area contributed by atoms with Gasteiger partial charge in [0.05, 0.1) is 18.1 Å². The molecule has 0 spiro atoms. The minimum Gasteiger partial charge on any atom is -0.352 e.